The van der Waals surface area contributed by atoms with Gasteiger partial charge in [0.2, 0.25) is 0 Å². The summed E-state index contributed by atoms with van der Waals surface area (Å²) in [5.74, 6) is -0.0823. The summed E-state index contributed by atoms with van der Waals surface area (Å²) < 4.78 is 16.7. The molecule has 28 heavy (non-hydrogen) atoms. The molecule has 1 saturated heterocycles. The van der Waals surface area contributed by atoms with Crippen LogP contribution in [-0.4, -0.2) is 53.5 Å². The monoisotopic (exact) mass is 391 g/mol. The fourth-order valence-electron chi connectivity index (χ4n) is 3.88. The van der Waals surface area contributed by atoms with Gasteiger partial charge in [-0.2, -0.15) is 0 Å². The van der Waals surface area contributed by atoms with Gasteiger partial charge in [0, 0.05) is 37.9 Å². The maximum atomic E-state index is 12.3. The Morgan fingerprint density at radius 3 is 2.46 bits per heavy atom. The molecule has 3 rings (SSSR count). The zero-order valence-corrected chi connectivity index (χ0v) is 17.2. The third kappa shape index (κ3) is 3.94. The number of benzene rings is 1. The van der Waals surface area contributed by atoms with Crippen LogP contribution in [0, 0.1) is 6.92 Å². The van der Waals surface area contributed by atoms with E-state index in [1.54, 1.807) is 17.0 Å². The van der Waals surface area contributed by atoms with E-state index in [2.05, 4.69) is 0 Å². The van der Waals surface area contributed by atoms with E-state index in [0.29, 0.717) is 49.2 Å². The third-order valence-corrected chi connectivity index (χ3v) is 5.36. The minimum atomic E-state index is -0.735. The quantitative estimate of drug-likeness (QED) is 0.739. The number of nitrogens with zero attached hydrogens (tertiary/aromatic N) is 1. The van der Waals surface area contributed by atoms with Gasteiger partial charge in [0.1, 0.15) is 22.5 Å². The molecule has 2 heterocycles. The summed E-state index contributed by atoms with van der Waals surface area (Å²) in [7, 11) is 1.33. The number of aryl methyl sites for hydroxylation is 1. The molecule has 2 aliphatic rings. The van der Waals surface area contributed by atoms with E-state index in [1.165, 1.54) is 7.11 Å². The lowest BCUT2D eigenvalue weighted by atomic mass is 9.81. The summed E-state index contributed by atoms with van der Waals surface area (Å²) in [5, 5.41) is 10.7. The molecular formula is C21H29NO6. The van der Waals surface area contributed by atoms with Crippen molar-refractivity contribution in [2.75, 3.05) is 20.2 Å². The Hall–Kier alpha value is -2.28. The molecule has 1 spiro atoms. The molecule has 154 valence electrons. The zero-order chi connectivity index (χ0) is 20.7. The molecule has 0 aromatic heterocycles. The number of piperidine rings is 1. The normalized spacial score (nSPS) is 20.9. The second-order valence-corrected chi connectivity index (χ2v) is 8.64. The largest absolute Gasteiger partial charge is 0.486 e. The molecule has 1 unspecified atom stereocenters. The number of amides is 1. The smallest absolute Gasteiger partial charge is 0.410 e. The Morgan fingerprint density at radius 1 is 1.25 bits per heavy atom. The van der Waals surface area contributed by atoms with Gasteiger partial charge in [0.15, 0.2) is 0 Å². The van der Waals surface area contributed by atoms with Gasteiger partial charge in [0.25, 0.3) is 0 Å². The maximum Gasteiger partial charge on any atom is 0.410 e. The lowest BCUT2D eigenvalue weighted by molar-refractivity contribution is -0.0574. The van der Waals surface area contributed by atoms with Crippen LogP contribution in [-0.2, 0) is 9.47 Å². The minimum Gasteiger partial charge on any atom is -0.486 e. The number of carbonyl (C=O) groups is 2. The Balaban J connectivity index is 1.82. The number of fused-ring (bicyclic) bond motifs is 1. The fourth-order valence-corrected chi connectivity index (χ4v) is 3.88. The zero-order valence-electron chi connectivity index (χ0n) is 17.2. The number of esters is 1. The first-order chi connectivity index (χ1) is 13.1. The number of methoxy groups -OCH3 is 1. The van der Waals surface area contributed by atoms with Gasteiger partial charge in [0.05, 0.1) is 13.2 Å². The Labute approximate surface area is 165 Å². The summed E-state index contributed by atoms with van der Waals surface area (Å²) in [4.78, 5) is 26.3. The van der Waals surface area contributed by atoms with Crippen molar-refractivity contribution in [2.45, 2.75) is 64.3 Å². The Bertz CT molecular complexity index is 774. The molecule has 7 nitrogen and oxygen atoms in total. The summed E-state index contributed by atoms with van der Waals surface area (Å²) in [6.07, 6.45) is 0.450. The van der Waals surface area contributed by atoms with E-state index in [9.17, 15) is 14.7 Å². The van der Waals surface area contributed by atoms with Crippen LogP contribution in [0.25, 0.3) is 0 Å². The number of aliphatic hydroxyl groups excluding tert-OH is 1. The van der Waals surface area contributed by atoms with Gasteiger partial charge < -0.3 is 24.2 Å². The van der Waals surface area contributed by atoms with Crippen molar-refractivity contribution in [1.29, 1.82) is 0 Å². The first-order valence-corrected chi connectivity index (χ1v) is 9.62. The minimum absolute atomic E-state index is 0.342. The van der Waals surface area contributed by atoms with Gasteiger partial charge in [-0.05, 0) is 33.3 Å². The molecule has 1 atom stereocenters. The van der Waals surface area contributed by atoms with Crippen LogP contribution >= 0.6 is 0 Å². The summed E-state index contributed by atoms with van der Waals surface area (Å²) in [6, 6.07) is 3.59. The van der Waals surface area contributed by atoms with Gasteiger partial charge in [-0.25, -0.2) is 9.59 Å². The van der Waals surface area contributed by atoms with E-state index < -0.39 is 23.3 Å². The van der Waals surface area contributed by atoms with Crippen LogP contribution < -0.4 is 4.74 Å². The maximum absolute atomic E-state index is 12.3. The van der Waals surface area contributed by atoms with E-state index in [0.717, 1.165) is 5.56 Å². The molecular weight excluding hydrogens is 362 g/mol. The topological polar surface area (TPSA) is 85.3 Å². The van der Waals surface area contributed by atoms with Gasteiger partial charge in [-0.1, -0.05) is 12.1 Å². The predicted molar refractivity (Wildman–Crippen MR) is 102 cm³/mol. The first-order valence-electron chi connectivity index (χ1n) is 9.62. The van der Waals surface area contributed by atoms with Crippen LogP contribution in [0.1, 0.15) is 67.6 Å². The van der Waals surface area contributed by atoms with Crippen molar-refractivity contribution in [3.05, 3.63) is 28.8 Å². The molecule has 2 aliphatic heterocycles. The number of hydrogen-bond donors (Lipinski definition) is 1. The molecule has 7 heteroatoms. The van der Waals surface area contributed by atoms with Crippen LogP contribution in [0.4, 0.5) is 4.79 Å². The standard InChI is InChI=1S/C21H29NO6/c1-13-6-7-14-15(23)12-21(27-17(14)16(13)18(24)26-5)8-10-22(11-9-21)19(25)28-20(2,3)4/h6-7,15,23H,8-12H2,1-5H3. The molecule has 1 amide bonds. The predicted octanol–water partition coefficient (Wildman–Crippen LogP) is 3.37. The van der Waals surface area contributed by atoms with Crippen molar-refractivity contribution in [3.8, 4) is 5.75 Å². The van der Waals surface area contributed by atoms with Crippen molar-refractivity contribution < 1.29 is 28.9 Å². The average molecular weight is 391 g/mol. The van der Waals surface area contributed by atoms with Crippen LogP contribution in [0.15, 0.2) is 12.1 Å². The van der Waals surface area contributed by atoms with Crippen molar-refractivity contribution >= 4 is 12.1 Å². The molecule has 1 aromatic carbocycles. The first kappa shape index (κ1) is 20.5. The molecule has 0 radical (unpaired) electrons. The molecule has 1 N–H and O–H groups in total. The highest BCUT2D eigenvalue weighted by molar-refractivity contribution is 5.94. The Kier molecular flexibility index (Phi) is 5.32. The van der Waals surface area contributed by atoms with E-state index in [1.807, 2.05) is 27.7 Å². The SMILES string of the molecule is COC(=O)c1c(C)ccc2c1OC1(CCN(C(=O)OC(C)(C)C)CC1)CC2O. The number of rotatable bonds is 1. The number of carbonyl (C=O) groups excluding carboxylic acids is 2. The summed E-state index contributed by atoms with van der Waals surface area (Å²) in [6.45, 7) is 8.26. The van der Waals surface area contributed by atoms with E-state index >= 15 is 0 Å². The average Bonchev–Trinajstić information content (AvgIpc) is 2.60. The highest BCUT2D eigenvalue weighted by atomic mass is 16.6. The lowest BCUT2D eigenvalue weighted by Crippen LogP contribution is -2.52. The highest BCUT2D eigenvalue weighted by Gasteiger charge is 2.45. The summed E-state index contributed by atoms with van der Waals surface area (Å²) in [5.41, 5.74) is 0.525. The van der Waals surface area contributed by atoms with Gasteiger partial charge in [-0.15, -0.1) is 0 Å². The van der Waals surface area contributed by atoms with Gasteiger partial charge >= 0.3 is 12.1 Å². The summed E-state index contributed by atoms with van der Waals surface area (Å²) >= 11 is 0. The second-order valence-electron chi connectivity index (χ2n) is 8.64. The van der Waals surface area contributed by atoms with E-state index in [-0.39, 0.29) is 6.09 Å². The molecule has 0 bridgehead atoms. The number of ether oxygens (including phenoxy) is 3. The molecule has 1 fully saturated rings. The fraction of sp³-hybridized carbons (Fsp3) is 0.619. The van der Waals surface area contributed by atoms with Crippen molar-refractivity contribution in [3.63, 3.8) is 0 Å². The number of likely N-dealkylation sites (tertiary alicyclic amines) is 1. The number of hydrogen-bond acceptors (Lipinski definition) is 6. The number of aliphatic hydroxyl groups is 1. The third-order valence-electron chi connectivity index (χ3n) is 5.36. The second kappa shape index (κ2) is 7.28. The molecule has 1 aromatic rings. The van der Waals surface area contributed by atoms with Crippen molar-refractivity contribution in [2.24, 2.45) is 0 Å². The highest BCUT2D eigenvalue weighted by Crippen LogP contribution is 2.46. The molecule has 0 aliphatic carbocycles. The van der Waals surface area contributed by atoms with Crippen LogP contribution in [0.2, 0.25) is 0 Å². The van der Waals surface area contributed by atoms with Crippen LogP contribution in [0.5, 0.6) is 5.75 Å². The van der Waals surface area contributed by atoms with Gasteiger partial charge in [-0.3, -0.25) is 0 Å². The Morgan fingerprint density at radius 2 is 1.89 bits per heavy atom. The van der Waals surface area contributed by atoms with E-state index in [4.69, 9.17) is 14.2 Å². The van der Waals surface area contributed by atoms with Crippen LogP contribution in [0.3, 0.4) is 0 Å². The lowest BCUT2D eigenvalue weighted by Gasteiger charge is -2.46. The van der Waals surface area contributed by atoms with Crippen molar-refractivity contribution in [1.82, 2.24) is 4.90 Å². The molecule has 0 saturated carbocycles.